The molecule has 50 valence electrons. The highest BCUT2D eigenvalue weighted by atomic mass is 79.9. The monoisotopic (exact) mass is 190 g/mol. The van der Waals surface area contributed by atoms with Crippen LogP contribution in [0.4, 0.5) is 4.39 Å². The van der Waals surface area contributed by atoms with E-state index in [0.717, 1.165) is 23.7 Å². The van der Waals surface area contributed by atoms with E-state index in [9.17, 15) is 4.39 Å². The van der Waals surface area contributed by atoms with Crippen molar-refractivity contribution in [3.05, 3.63) is 23.6 Å². The second-order valence-corrected chi connectivity index (χ2v) is 2.62. The second-order valence-electron chi connectivity index (χ2n) is 2.06. The topological polar surface area (TPSA) is 0 Å². The summed E-state index contributed by atoms with van der Waals surface area (Å²) < 4.78 is 12.4. The molecule has 0 saturated heterocycles. The smallest absolute Gasteiger partial charge is 0.119 e. The van der Waals surface area contributed by atoms with Crippen LogP contribution in [0.2, 0.25) is 0 Å². The molecule has 0 aromatic heterocycles. The molecule has 9 heavy (non-hydrogen) atoms. The first-order chi connectivity index (χ1) is 4.33. The molecular formula is C7H8BrF. The fourth-order valence-corrected chi connectivity index (χ4v) is 1.27. The molecule has 0 aromatic carbocycles. The van der Waals surface area contributed by atoms with E-state index in [1.807, 2.05) is 0 Å². The summed E-state index contributed by atoms with van der Waals surface area (Å²) in [6.45, 7) is 0. The Balaban J connectivity index is 2.63. The molecule has 1 aliphatic carbocycles. The van der Waals surface area contributed by atoms with Gasteiger partial charge >= 0.3 is 0 Å². The predicted octanol–water partition coefficient (Wildman–Crippen LogP) is 2.95. The Bertz CT molecular complexity index is 158. The van der Waals surface area contributed by atoms with Gasteiger partial charge in [-0.1, -0.05) is 21.5 Å². The van der Waals surface area contributed by atoms with Crippen molar-refractivity contribution in [3.8, 4) is 0 Å². The Morgan fingerprint density at radius 3 is 2.89 bits per heavy atom. The average molecular weight is 191 g/mol. The molecule has 0 aliphatic heterocycles. The van der Waals surface area contributed by atoms with Crippen LogP contribution in [0.1, 0.15) is 12.8 Å². The van der Waals surface area contributed by atoms with Crippen LogP contribution < -0.4 is 0 Å². The predicted molar refractivity (Wildman–Crippen MR) is 40.3 cm³/mol. The van der Waals surface area contributed by atoms with Gasteiger partial charge in [-0.3, -0.25) is 0 Å². The lowest BCUT2D eigenvalue weighted by atomic mass is 10.1. The first kappa shape index (κ1) is 7.00. The van der Waals surface area contributed by atoms with E-state index < -0.39 is 0 Å². The zero-order valence-corrected chi connectivity index (χ0v) is 6.62. The zero-order valence-electron chi connectivity index (χ0n) is 5.03. The molecule has 0 amide bonds. The standard InChI is InChI=1S/C7H8BrF/c8-5-6-2-1-3-7(9)4-6/h3-4H,1-2,5H2. The molecule has 0 spiro atoms. The van der Waals surface area contributed by atoms with Gasteiger partial charge in [-0.25, -0.2) is 4.39 Å². The summed E-state index contributed by atoms with van der Waals surface area (Å²) in [5.41, 5.74) is 1.15. The molecule has 2 heteroatoms. The van der Waals surface area contributed by atoms with Crippen molar-refractivity contribution in [2.75, 3.05) is 5.33 Å². The molecule has 1 aliphatic rings. The number of hydrogen-bond acceptors (Lipinski definition) is 0. The SMILES string of the molecule is FC1=CCCC(CBr)=C1. The minimum Gasteiger partial charge on any atom is -0.207 e. The Labute approximate surface area is 62.6 Å². The maximum absolute atomic E-state index is 12.4. The van der Waals surface area contributed by atoms with Gasteiger partial charge in [0.2, 0.25) is 0 Å². The van der Waals surface area contributed by atoms with Crippen LogP contribution in [0.25, 0.3) is 0 Å². The number of rotatable bonds is 1. The maximum atomic E-state index is 12.4. The van der Waals surface area contributed by atoms with E-state index in [-0.39, 0.29) is 5.83 Å². The van der Waals surface area contributed by atoms with Gasteiger partial charge < -0.3 is 0 Å². The second kappa shape index (κ2) is 3.16. The Kier molecular flexibility index (Phi) is 2.46. The van der Waals surface area contributed by atoms with Gasteiger partial charge in [0.15, 0.2) is 0 Å². The van der Waals surface area contributed by atoms with Crippen molar-refractivity contribution < 1.29 is 4.39 Å². The quantitative estimate of drug-likeness (QED) is 0.559. The Morgan fingerprint density at radius 2 is 2.44 bits per heavy atom. The van der Waals surface area contributed by atoms with Crippen molar-refractivity contribution in [1.29, 1.82) is 0 Å². The highest BCUT2D eigenvalue weighted by Gasteiger charge is 2.01. The first-order valence-corrected chi connectivity index (χ1v) is 4.06. The van der Waals surface area contributed by atoms with Crippen LogP contribution in [-0.4, -0.2) is 5.33 Å². The third-order valence-corrected chi connectivity index (χ3v) is 2.04. The third-order valence-electron chi connectivity index (χ3n) is 1.32. The fourth-order valence-electron chi connectivity index (χ4n) is 0.827. The molecule has 0 unspecified atom stereocenters. The Hall–Kier alpha value is -0.110. The lowest BCUT2D eigenvalue weighted by Crippen LogP contribution is -1.89. The number of halogens is 2. The summed E-state index contributed by atoms with van der Waals surface area (Å²) in [5, 5.41) is 0.800. The highest BCUT2D eigenvalue weighted by molar-refractivity contribution is 9.09. The van der Waals surface area contributed by atoms with Crippen LogP contribution >= 0.6 is 15.9 Å². The van der Waals surface area contributed by atoms with Crippen LogP contribution in [0.5, 0.6) is 0 Å². The molecule has 0 bridgehead atoms. The molecule has 0 fully saturated rings. The summed E-state index contributed by atoms with van der Waals surface area (Å²) in [7, 11) is 0. The van der Waals surface area contributed by atoms with E-state index in [4.69, 9.17) is 0 Å². The van der Waals surface area contributed by atoms with Gasteiger partial charge in [-0.15, -0.1) is 0 Å². The number of hydrogen-bond donors (Lipinski definition) is 0. The highest BCUT2D eigenvalue weighted by Crippen LogP contribution is 2.18. The summed E-state index contributed by atoms with van der Waals surface area (Å²) in [6.07, 6.45) is 5.06. The first-order valence-electron chi connectivity index (χ1n) is 2.94. The average Bonchev–Trinajstić information content (AvgIpc) is 1.88. The molecule has 0 aromatic rings. The lowest BCUT2D eigenvalue weighted by molar-refractivity contribution is 0.648. The molecule has 0 atom stereocenters. The molecule has 0 nitrogen and oxygen atoms in total. The van der Waals surface area contributed by atoms with Crippen LogP contribution in [0.15, 0.2) is 23.6 Å². The fraction of sp³-hybridized carbons (Fsp3) is 0.429. The minimum atomic E-state index is -0.0873. The van der Waals surface area contributed by atoms with Crippen LogP contribution in [-0.2, 0) is 0 Å². The molecule has 0 radical (unpaired) electrons. The van der Waals surface area contributed by atoms with Crippen LogP contribution in [0.3, 0.4) is 0 Å². The number of allylic oxidation sites excluding steroid dienone is 4. The summed E-state index contributed by atoms with van der Waals surface area (Å²) in [6, 6.07) is 0. The lowest BCUT2D eigenvalue weighted by Gasteiger charge is -2.04. The number of alkyl halides is 1. The van der Waals surface area contributed by atoms with E-state index in [1.165, 1.54) is 0 Å². The van der Waals surface area contributed by atoms with Crippen molar-refractivity contribution in [2.24, 2.45) is 0 Å². The van der Waals surface area contributed by atoms with Gasteiger partial charge in [0.05, 0.1) is 0 Å². The van der Waals surface area contributed by atoms with E-state index in [2.05, 4.69) is 15.9 Å². The normalized spacial score (nSPS) is 18.9. The molecule has 0 saturated carbocycles. The van der Waals surface area contributed by atoms with Crippen molar-refractivity contribution in [3.63, 3.8) is 0 Å². The van der Waals surface area contributed by atoms with Gasteiger partial charge in [0, 0.05) is 5.33 Å². The molecule has 1 rings (SSSR count). The minimum absolute atomic E-state index is 0.0873. The zero-order chi connectivity index (χ0) is 6.69. The van der Waals surface area contributed by atoms with Crippen molar-refractivity contribution in [2.45, 2.75) is 12.8 Å². The van der Waals surface area contributed by atoms with E-state index in [0.29, 0.717) is 0 Å². The maximum Gasteiger partial charge on any atom is 0.119 e. The Morgan fingerprint density at radius 1 is 1.67 bits per heavy atom. The van der Waals surface area contributed by atoms with Gasteiger partial charge in [0.25, 0.3) is 0 Å². The summed E-state index contributed by atoms with van der Waals surface area (Å²) in [4.78, 5) is 0. The molecule has 0 N–H and O–H groups in total. The van der Waals surface area contributed by atoms with Gasteiger partial charge in [-0.2, -0.15) is 0 Å². The summed E-state index contributed by atoms with van der Waals surface area (Å²) >= 11 is 3.28. The van der Waals surface area contributed by atoms with Crippen LogP contribution in [0, 0.1) is 0 Å². The largest absolute Gasteiger partial charge is 0.207 e. The van der Waals surface area contributed by atoms with E-state index in [1.54, 1.807) is 12.2 Å². The summed E-state index contributed by atoms with van der Waals surface area (Å²) in [5.74, 6) is -0.0873. The van der Waals surface area contributed by atoms with Gasteiger partial charge in [-0.05, 0) is 25.0 Å². The molecule has 0 heterocycles. The third kappa shape index (κ3) is 1.94. The van der Waals surface area contributed by atoms with Gasteiger partial charge in [0.1, 0.15) is 5.83 Å². The van der Waals surface area contributed by atoms with Crippen molar-refractivity contribution in [1.82, 2.24) is 0 Å². The van der Waals surface area contributed by atoms with E-state index >= 15 is 0 Å². The molecular weight excluding hydrogens is 183 g/mol. The van der Waals surface area contributed by atoms with Crippen molar-refractivity contribution >= 4 is 15.9 Å².